The highest BCUT2D eigenvalue weighted by atomic mass is 35.5. The van der Waals surface area contributed by atoms with Gasteiger partial charge in [0.05, 0.1) is 7.11 Å². The average Bonchev–Trinajstić information content (AvgIpc) is 3.23. The Kier molecular flexibility index (Phi) is 5.49. The van der Waals surface area contributed by atoms with E-state index in [0.717, 1.165) is 23.8 Å². The first kappa shape index (κ1) is 14.6. The Morgan fingerprint density at radius 2 is 2.26 bits per heavy atom. The van der Waals surface area contributed by atoms with Crippen molar-refractivity contribution in [2.24, 2.45) is 11.7 Å². The van der Waals surface area contributed by atoms with E-state index in [-0.39, 0.29) is 6.04 Å². The first-order chi connectivity index (χ1) is 9.26. The zero-order chi connectivity index (χ0) is 13.7. The molecule has 0 aliphatic heterocycles. The van der Waals surface area contributed by atoms with Crippen LogP contribution in [0.25, 0.3) is 0 Å². The third kappa shape index (κ3) is 4.10. The number of benzene rings is 1. The summed E-state index contributed by atoms with van der Waals surface area (Å²) in [6.07, 6.45) is 5.36. The van der Waals surface area contributed by atoms with Gasteiger partial charge < -0.3 is 15.8 Å². The van der Waals surface area contributed by atoms with Crippen molar-refractivity contribution in [3.63, 3.8) is 0 Å². The molecule has 3 nitrogen and oxygen atoms in total. The SMILES string of the molecule is COc1cccc(Cl)c1C(CN)NCCCC1CC1. The van der Waals surface area contributed by atoms with E-state index >= 15 is 0 Å². The normalized spacial score (nSPS) is 16.4. The van der Waals surface area contributed by atoms with Crippen LogP contribution in [0.15, 0.2) is 18.2 Å². The van der Waals surface area contributed by atoms with Crippen molar-refractivity contribution < 1.29 is 4.74 Å². The lowest BCUT2D eigenvalue weighted by Crippen LogP contribution is -2.29. The highest BCUT2D eigenvalue weighted by Crippen LogP contribution is 2.34. The van der Waals surface area contributed by atoms with Gasteiger partial charge in [-0.25, -0.2) is 0 Å². The summed E-state index contributed by atoms with van der Waals surface area (Å²) in [5.74, 6) is 1.78. The van der Waals surface area contributed by atoms with Crippen molar-refractivity contribution in [3.05, 3.63) is 28.8 Å². The van der Waals surface area contributed by atoms with Crippen LogP contribution in [0.3, 0.4) is 0 Å². The van der Waals surface area contributed by atoms with E-state index in [9.17, 15) is 0 Å². The molecular formula is C15H23ClN2O. The minimum Gasteiger partial charge on any atom is -0.496 e. The second-order valence-corrected chi connectivity index (χ2v) is 5.59. The summed E-state index contributed by atoms with van der Waals surface area (Å²) in [5, 5.41) is 4.21. The Morgan fingerprint density at radius 3 is 2.89 bits per heavy atom. The Hall–Kier alpha value is -0.770. The van der Waals surface area contributed by atoms with Crippen molar-refractivity contribution in [1.29, 1.82) is 0 Å². The topological polar surface area (TPSA) is 47.3 Å². The van der Waals surface area contributed by atoms with Gasteiger partial charge >= 0.3 is 0 Å². The highest BCUT2D eigenvalue weighted by molar-refractivity contribution is 6.31. The summed E-state index contributed by atoms with van der Waals surface area (Å²) < 4.78 is 5.38. The van der Waals surface area contributed by atoms with Gasteiger partial charge in [0.1, 0.15) is 5.75 Å². The van der Waals surface area contributed by atoms with E-state index in [4.69, 9.17) is 22.1 Å². The van der Waals surface area contributed by atoms with Gasteiger partial charge in [0.15, 0.2) is 0 Å². The molecule has 1 aliphatic rings. The zero-order valence-corrected chi connectivity index (χ0v) is 12.2. The van der Waals surface area contributed by atoms with E-state index in [1.165, 1.54) is 25.7 Å². The fourth-order valence-electron chi connectivity index (χ4n) is 2.41. The lowest BCUT2D eigenvalue weighted by Gasteiger charge is -2.21. The number of hydrogen-bond donors (Lipinski definition) is 2. The molecule has 3 N–H and O–H groups in total. The molecule has 0 saturated heterocycles. The summed E-state index contributed by atoms with van der Waals surface area (Å²) in [5.41, 5.74) is 6.85. The van der Waals surface area contributed by atoms with Crippen LogP contribution in [0.5, 0.6) is 5.75 Å². The molecule has 0 amide bonds. The Morgan fingerprint density at radius 1 is 1.47 bits per heavy atom. The molecule has 1 atom stereocenters. The van der Waals surface area contributed by atoms with Crippen LogP contribution in [0.4, 0.5) is 0 Å². The minimum absolute atomic E-state index is 0.0582. The van der Waals surface area contributed by atoms with E-state index in [2.05, 4.69) is 5.32 Å². The lowest BCUT2D eigenvalue weighted by molar-refractivity contribution is 0.398. The molecule has 0 heterocycles. The monoisotopic (exact) mass is 282 g/mol. The largest absolute Gasteiger partial charge is 0.496 e. The smallest absolute Gasteiger partial charge is 0.125 e. The fraction of sp³-hybridized carbons (Fsp3) is 0.600. The molecule has 1 unspecified atom stereocenters. The Labute approximate surface area is 120 Å². The number of nitrogens with two attached hydrogens (primary N) is 1. The maximum atomic E-state index is 6.28. The van der Waals surface area contributed by atoms with Gasteiger partial charge in [-0.05, 0) is 37.4 Å². The van der Waals surface area contributed by atoms with Gasteiger partial charge in [0, 0.05) is 23.2 Å². The molecule has 1 saturated carbocycles. The third-order valence-electron chi connectivity index (χ3n) is 3.69. The molecular weight excluding hydrogens is 260 g/mol. The van der Waals surface area contributed by atoms with Gasteiger partial charge in [0.2, 0.25) is 0 Å². The van der Waals surface area contributed by atoms with Crippen molar-refractivity contribution in [2.75, 3.05) is 20.2 Å². The number of methoxy groups -OCH3 is 1. The second kappa shape index (κ2) is 7.13. The number of ether oxygens (including phenoxy) is 1. The molecule has 0 bridgehead atoms. The van der Waals surface area contributed by atoms with Crippen molar-refractivity contribution >= 4 is 11.6 Å². The zero-order valence-electron chi connectivity index (χ0n) is 11.5. The van der Waals surface area contributed by atoms with Crippen molar-refractivity contribution in [3.8, 4) is 5.75 Å². The molecule has 19 heavy (non-hydrogen) atoms. The number of rotatable bonds is 8. The predicted octanol–water partition coefficient (Wildman–Crippen LogP) is 3.13. The first-order valence-corrected chi connectivity index (χ1v) is 7.40. The second-order valence-electron chi connectivity index (χ2n) is 5.18. The Bertz CT molecular complexity index is 407. The maximum Gasteiger partial charge on any atom is 0.125 e. The maximum absolute atomic E-state index is 6.28. The summed E-state index contributed by atoms with van der Waals surface area (Å²) in [7, 11) is 1.66. The summed E-state index contributed by atoms with van der Waals surface area (Å²) in [6, 6.07) is 5.76. The van der Waals surface area contributed by atoms with Gasteiger partial charge in [-0.15, -0.1) is 0 Å². The van der Waals surface area contributed by atoms with Crippen LogP contribution in [0.1, 0.15) is 37.3 Å². The summed E-state index contributed by atoms with van der Waals surface area (Å²) >= 11 is 6.28. The molecule has 106 valence electrons. The van der Waals surface area contributed by atoms with E-state index < -0.39 is 0 Å². The van der Waals surface area contributed by atoms with Gasteiger partial charge in [-0.3, -0.25) is 0 Å². The molecule has 1 fully saturated rings. The van der Waals surface area contributed by atoms with Crippen LogP contribution in [0, 0.1) is 5.92 Å². The molecule has 1 aliphatic carbocycles. The molecule has 2 rings (SSSR count). The van der Waals surface area contributed by atoms with E-state index in [1.807, 2.05) is 18.2 Å². The summed E-state index contributed by atoms with van der Waals surface area (Å²) in [4.78, 5) is 0. The van der Waals surface area contributed by atoms with Gasteiger partial charge in [-0.1, -0.05) is 30.5 Å². The standard InChI is InChI=1S/C15H23ClN2O/c1-19-14-6-2-5-12(16)15(14)13(10-17)18-9-3-4-11-7-8-11/h2,5-6,11,13,18H,3-4,7-10,17H2,1H3. The van der Waals surface area contributed by atoms with Crippen molar-refractivity contribution in [2.45, 2.75) is 31.7 Å². The minimum atomic E-state index is 0.0582. The molecule has 1 aromatic rings. The van der Waals surface area contributed by atoms with E-state index in [0.29, 0.717) is 11.6 Å². The van der Waals surface area contributed by atoms with E-state index in [1.54, 1.807) is 7.11 Å². The van der Waals surface area contributed by atoms with Crippen LogP contribution in [-0.4, -0.2) is 20.2 Å². The van der Waals surface area contributed by atoms with Gasteiger partial charge in [0.25, 0.3) is 0 Å². The number of hydrogen-bond acceptors (Lipinski definition) is 3. The first-order valence-electron chi connectivity index (χ1n) is 7.02. The number of halogens is 1. The van der Waals surface area contributed by atoms with Crippen LogP contribution in [-0.2, 0) is 0 Å². The van der Waals surface area contributed by atoms with Crippen molar-refractivity contribution in [1.82, 2.24) is 5.32 Å². The molecule has 0 aromatic heterocycles. The predicted molar refractivity (Wildman–Crippen MR) is 79.8 cm³/mol. The van der Waals surface area contributed by atoms with Crippen LogP contribution in [0.2, 0.25) is 5.02 Å². The quantitative estimate of drug-likeness (QED) is 0.720. The fourth-order valence-corrected chi connectivity index (χ4v) is 2.71. The number of nitrogens with one attached hydrogen (secondary N) is 1. The Balaban J connectivity index is 1.95. The molecule has 0 spiro atoms. The average molecular weight is 283 g/mol. The summed E-state index contributed by atoms with van der Waals surface area (Å²) in [6.45, 7) is 1.50. The molecule has 1 aromatic carbocycles. The van der Waals surface area contributed by atoms with Gasteiger partial charge in [-0.2, -0.15) is 0 Å². The molecule has 0 radical (unpaired) electrons. The molecule has 4 heteroatoms. The highest BCUT2D eigenvalue weighted by Gasteiger charge is 2.21. The third-order valence-corrected chi connectivity index (χ3v) is 4.02. The lowest BCUT2D eigenvalue weighted by atomic mass is 10.1. The van der Waals surface area contributed by atoms with Crippen LogP contribution >= 0.6 is 11.6 Å². The van der Waals surface area contributed by atoms with Crippen LogP contribution < -0.4 is 15.8 Å².